The second-order valence-corrected chi connectivity index (χ2v) is 20.3. The summed E-state index contributed by atoms with van der Waals surface area (Å²) in [6.45, 7) is 19.9. The molecule has 0 saturated heterocycles. The van der Waals surface area contributed by atoms with Crippen LogP contribution < -0.4 is 14.4 Å². The van der Waals surface area contributed by atoms with E-state index in [1.165, 1.54) is 59.7 Å². The summed E-state index contributed by atoms with van der Waals surface area (Å²) in [4.78, 5) is 82.5. The minimum Gasteiger partial charge on any atom is -0.426 e. The molecule has 0 unspecified atom stereocenters. The second kappa shape index (κ2) is 15.4. The fourth-order valence-corrected chi connectivity index (χ4v) is 7.63. The van der Waals surface area contributed by atoms with Crippen LogP contribution in [0.3, 0.4) is 0 Å². The molecule has 0 atom stereocenters. The minimum atomic E-state index is -6.17. The summed E-state index contributed by atoms with van der Waals surface area (Å²) < 4.78 is 104. The number of fused-ring (bicyclic) bond motifs is 2. The van der Waals surface area contributed by atoms with Crippen molar-refractivity contribution in [3.63, 3.8) is 0 Å². The lowest BCUT2D eigenvalue weighted by Crippen LogP contribution is -2.55. The van der Waals surface area contributed by atoms with Crippen molar-refractivity contribution in [3.8, 4) is 22.6 Å². The van der Waals surface area contributed by atoms with Gasteiger partial charge in [0.15, 0.2) is 5.75 Å². The Kier molecular flexibility index (Phi) is 11.4. The first-order valence-electron chi connectivity index (χ1n) is 20.5. The van der Waals surface area contributed by atoms with E-state index in [1.807, 2.05) is 20.8 Å². The topological polar surface area (TPSA) is 127 Å². The van der Waals surface area contributed by atoms with Crippen molar-refractivity contribution in [2.24, 2.45) is 10.8 Å². The quantitative estimate of drug-likeness (QED) is 0.0810. The van der Waals surface area contributed by atoms with Gasteiger partial charge in [-0.25, -0.2) is 4.90 Å². The van der Waals surface area contributed by atoms with Crippen LogP contribution in [-0.4, -0.2) is 58.4 Å². The maximum absolute atomic E-state index is 15.5. The molecule has 65 heavy (non-hydrogen) atoms. The van der Waals surface area contributed by atoms with Gasteiger partial charge in [0.1, 0.15) is 5.75 Å². The normalized spacial score (nSPS) is 15.1. The first kappa shape index (κ1) is 48.1. The number of ether oxygens (including phenoxy) is 2. The van der Waals surface area contributed by atoms with Crippen LogP contribution in [0.1, 0.15) is 141 Å². The van der Waals surface area contributed by atoms with Crippen LogP contribution in [0.25, 0.3) is 11.1 Å². The fourth-order valence-electron chi connectivity index (χ4n) is 7.63. The van der Waals surface area contributed by atoms with Crippen LogP contribution in [-0.2, 0) is 20.4 Å². The van der Waals surface area contributed by atoms with Gasteiger partial charge in [0.25, 0.3) is 23.6 Å². The Labute approximate surface area is 371 Å². The molecule has 0 saturated carbocycles. The van der Waals surface area contributed by atoms with Gasteiger partial charge in [0.2, 0.25) is 5.41 Å². The molecule has 0 N–H and O–H groups in total. The Morgan fingerprint density at radius 2 is 0.877 bits per heavy atom. The Bertz CT molecular complexity index is 2690. The molecule has 6 rings (SSSR count). The van der Waals surface area contributed by atoms with Gasteiger partial charge >= 0.3 is 24.3 Å². The third-order valence-corrected chi connectivity index (χ3v) is 11.1. The molecule has 4 aromatic rings. The number of carbonyl (C=O) groups excluding carboxylic acids is 6. The highest BCUT2D eigenvalue weighted by Gasteiger charge is 2.73. The molecule has 2 aliphatic heterocycles. The lowest BCUT2D eigenvalue weighted by atomic mass is 9.71. The van der Waals surface area contributed by atoms with Crippen molar-refractivity contribution in [1.29, 1.82) is 0 Å². The number of anilines is 1. The highest BCUT2D eigenvalue weighted by molar-refractivity contribution is 6.35. The van der Waals surface area contributed by atoms with E-state index < -0.39 is 108 Å². The third-order valence-electron chi connectivity index (χ3n) is 11.1. The van der Waals surface area contributed by atoms with Gasteiger partial charge in [-0.2, -0.15) is 26.3 Å². The average molecular weight is 907 g/mol. The molecular formula is C49H48F6N2O8. The van der Waals surface area contributed by atoms with E-state index in [1.54, 1.807) is 39.0 Å². The molecule has 2 heterocycles. The molecule has 0 fully saturated rings. The predicted molar refractivity (Wildman–Crippen MR) is 228 cm³/mol. The second-order valence-electron chi connectivity index (χ2n) is 20.3. The van der Waals surface area contributed by atoms with E-state index in [-0.39, 0.29) is 17.2 Å². The van der Waals surface area contributed by atoms with Crippen molar-refractivity contribution >= 4 is 41.3 Å². The predicted octanol–water partition coefficient (Wildman–Crippen LogP) is 11.2. The van der Waals surface area contributed by atoms with Crippen LogP contribution in [0.5, 0.6) is 11.5 Å². The Balaban J connectivity index is 1.50. The summed E-state index contributed by atoms with van der Waals surface area (Å²) in [5, 5.41) is 0. The van der Waals surface area contributed by atoms with Gasteiger partial charge in [0, 0.05) is 11.1 Å². The SMILES string of the molecule is CC(C)(C)C(=O)Oc1cc(-c2ccc(C(C)(C)C)c(OC(=O)C(C)(C)C)c2)ccc1N1C(=O)c2ccc(C(c3ccc4c(c3)C(=O)N(C(C)(C)C)C4=O)(C(F)(F)F)C(F)(F)F)cc2C1=O. The van der Waals surface area contributed by atoms with Crippen LogP contribution in [0, 0.1) is 10.8 Å². The van der Waals surface area contributed by atoms with Crippen LogP contribution in [0.15, 0.2) is 72.8 Å². The number of imide groups is 2. The molecule has 2 aliphatic rings. The third kappa shape index (κ3) is 8.20. The number of alkyl halides is 6. The van der Waals surface area contributed by atoms with Crippen LogP contribution in [0.2, 0.25) is 0 Å². The zero-order valence-electron chi connectivity index (χ0n) is 37.9. The summed E-state index contributed by atoms with van der Waals surface area (Å²) in [5.74, 6) is -5.92. The molecule has 0 spiro atoms. The number of benzene rings is 4. The minimum absolute atomic E-state index is 0.240. The summed E-state index contributed by atoms with van der Waals surface area (Å²) >= 11 is 0. The van der Waals surface area contributed by atoms with Crippen molar-refractivity contribution in [1.82, 2.24) is 4.90 Å². The van der Waals surface area contributed by atoms with E-state index in [2.05, 4.69) is 0 Å². The molecular weight excluding hydrogens is 859 g/mol. The summed E-state index contributed by atoms with van der Waals surface area (Å²) in [6.07, 6.45) is -12.3. The molecule has 344 valence electrons. The number of hydrogen-bond donors (Lipinski definition) is 0. The molecule has 4 amide bonds. The molecule has 0 aliphatic carbocycles. The monoisotopic (exact) mass is 906 g/mol. The molecule has 16 heteroatoms. The molecule has 4 aromatic carbocycles. The zero-order chi connectivity index (χ0) is 48.9. The highest BCUT2D eigenvalue weighted by atomic mass is 19.4. The number of carbonyl (C=O) groups is 6. The maximum Gasteiger partial charge on any atom is 0.411 e. The summed E-state index contributed by atoms with van der Waals surface area (Å²) in [7, 11) is 0. The average Bonchev–Trinajstić information content (AvgIpc) is 3.55. The largest absolute Gasteiger partial charge is 0.426 e. The van der Waals surface area contributed by atoms with Gasteiger partial charge in [-0.3, -0.25) is 33.7 Å². The molecule has 10 nitrogen and oxygen atoms in total. The highest BCUT2D eigenvalue weighted by Crippen LogP contribution is 2.57. The first-order chi connectivity index (χ1) is 29.5. The fraction of sp³-hybridized carbons (Fsp3) is 0.388. The number of rotatable bonds is 6. The van der Waals surface area contributed by atoms with E-state index in [0.29, 0.717) is 51.9 Å². The number of amides is 4. The zero-order valence-corrected chi connectivity index (χ0v) is 37.9. The van der Waals surface area contributed by atoms with E-state index in [0.717, 1.165) is 11.0 Å². The first-order valence-corrected chi connectivity index (χ1v) is 20.5. The van der Waals surface area contributed by atoms with E-state index in [4.69, 9.17) is 9.47 Å². The number of nitrogens with zero attached hydrogens (tertiary/aromatic N) is 2. The van der Waals surface area contributed by atoms with Crippen LogP contribution in [0.4, 0.5) is 32.0 Å². The van der Waals surface area contributed by atoms with Gasteiger partial charge in [-0.15, -0.1) is 0 Å². The lowest BCUT2D eigenvalue weighted by molar-refractivity contribution is -0.288. The number of hydrogen-bond acceptors (Lipinski definition) is 8. The van der Waals surface area contributed by atoms with Gasteiger partial charge < -0.3 is 9.47 Å². The van der Waals surface area contributed by atoms with Crippen molar-refractivity contribution in [2.75, 3.05) is 4.90 Å². The van der Waals surface area contributed by atoms with Crippen molar-refractivity contribution in [3.05, 3.63) is 112 Å². The number of esters is 2. The van der Waals surface area contributed by atoms with Crippen LogP contribution >= 0.6 is 0 Å². The molecule has 0 bridgehead atoms. The summed E-state index contributed by atoms with van der Waals surface area (Å²) in [6, 6.07) is 12.1. The Hall–Kier alpha value is -6.32. The Morgan fingerprint density at radius 3 is 1.32 bits per heavy atom. The van der Waals surface area contributed by atoms with Crippen molar-refractivity contribution < 1.29 is 64.6 Å². The maximum atomic E-state index is 15.5. The lowest BCUT2D eigenvalue weighted by Gasteiger charge is -2.38. The standard InChI is InChI=1S/C49H48F6N2O8/c1-43(2,3)33-19-13-25(21-35(33)64-41(62)44(4,5)6)26-14-20-34(36(22-26)65-42(63)45(7,8)9)56-37(58)29-17-15-27(23-31(29)38(56)59)47(48(50,51)52,49(53,54)55)28-16-18-30-32(24-28)40(61)57(39(30)60)46(10,11)12/h13-24H,1-12H3. The van der Waals surface area contributed by atoms with Gasteiger partial charge in [-0.1, -0.05) is 51.1 Å². The van der Waals surface area contributed by atoms with Gasteiger partial charge in [-0.05, 0) is 132 Å². The number of halogens is 6. The van der Waals surface area contributed by atoms with E-state index in [9.17, 15) is 28.8 Å². The molecule has 0 aromatic heterocycles. The van der Waals surface area contributed by atoms with Crippen molar-refractivity contribution in [2.45, 2.75) is 112 Å². The summed E-state index contributed by atoms with van der Waals surface area (Å²) in [5.41, 5.74) is -12.8. The van der Waals surface area contributed by atoms with Gasteiger partial charge in [0.05, 0.1) is 38.8 Å². The smallest absolute Gasteiger partial charge is 0.411 e. The van der Waals surface area contributed by atoms with E-state index >= 15 is 26.3 Å². The molecule has 0 radical (unpaired) electrons. The Morgan fingerprint density at radius 1 is 0.477 bits per heavy atom.